The standard InChI is InChI=1S/C20H21Br2N3O/c1-13-16(21)9-14(10-17(13)22)12-23-7-4-8-24-20-11-19(26)15-5-2-3-6-18(15)25-20/h2-3,5-6,9-11,23H,4,7-8,12H2,1H3,(H2,24,25,26). The van der Waals surface area contributed by atoms with Gasteiger partial charge in [0.25, 0.3) is 0 Å². The highest BCUT2D eigenvalue weighted by molar-refractivity contribution is 9.11. The number of fused-ring (bicyclic) bond motifs is 1. The molecule has 1 heterocycles. The maximum Gasteiger partial charge on any atom is 0.191 e. The average molecular weight is 479 g/mol. The number of hydrogen-bond donors (Lipinski definition) is 3. The van der Waals surface area contributed by atoms with Crippen LogP contribution in [0.2, 0.25) is 0 Å². The number of aromatic nitrogens is 1. The van der Waals surface area contributed by atoms with Crippen molar-refractivity contribution in [1.29, 1.82) is 0 Å². The van der Waals surface area contributed by atoms with Gasteiger partial charge in [0.1, 0.15) is 5.82 Å². The van der Waals surface area contributed by atoms with Crippen LogP contribution < -0.4 is 16.1 Å². The van der Waals surface area contributed by atoms with Crippen molar-refractivity contribution in [3.8, 4) is 0 Å². The van der Waals surface area contributed by atoms with Crippen molar-refractivity contribution in [3.05, 3.63) is 72.8 Å². The van der Waals surface area contributed by atoms with E-state index in [1.807, 2.05) is 24.3 Å². The molecule has 0 bridgehead atoms. The smallest absolute Gasteiger partial charge is 0.191 e. The third-order valence-corrected chi connectivity index (χ3v) is 5.90. The molecule has 0 saturated carbocycles. The molecule has 2 aromatic carbocycles. The Kier molecular flexibility index (Phi) is 6.51. The summed E-state index contributed by atoms with van der Waals surface area (Å²) in [6, 6.07) is 13.5. The maximum absolute atomic E-state index is 12.1. The van der Waals surface area contributed by atoms with Crippen molar-refractivity contribution in [2.75, 3.05) is 18.4 Å². The van der Waals surface area contributed by atoms with Gasteiger partial charge in [-0.15, -0.1) is 0 Å². The first-order valence-corrected chi connectivity index (χ1v) is 10.1. The van der Waals surface area contributed by atoms with Crippen LogP contribution in [0.15, 0.2) is 56.2 Å². The third kappa shape index (κ3) is 4.75. The minimum atomic E-state index is 0.0375. The predicted molar refractivity (Wildman–Crippen MR) is 116 cm³/mol. The van der Waals surface area contributed by atoms with Crippen LogP contribution >= 0.6 is 31.9 Å². The van der Waals surface area contributed by atoms with Crippen molar-refractivity contribution in [3.63, 3.8) is 0 Å². The molecule has 6 heteroatoms. The van der Waals surface area contributed by atoms with E-state index in [9.17, 15) is 4.79 Å². The number of anilines is 1. The second-order valence-corrected chi connectivity index (χ2v) is 7.94. The van der Waals surface area contributed by atoms with Crippen LogP contribution in [-0.4, -0.2) is 18.1 Å². The number of nitrogens with one attached hydrogen (secondary N) is 3. The molecule has 0 saturated heterocycles. The first-order chi connectivity index (χ1) is 12.5. The lowest BCUT2D eigenvalue weighted by Gasteiger charge is -2.10. The number of hydrogen-bond acceptors (Lipinski definition) is 3. The number of halogens is 2. The number of aromatic amines is 1. The van der Waals surface area contributed by atoms with Crippen molar-refractivity contribution in [1.82, 2.24) is 10.3 Å². The molecule has 0 unspecified atom stereocenters. The van der Waals surface area contributed by atoms with Crippen LogP contribution in [0.25, 0.3) is 10.9 Å². The van der Waals surface area contributed by atoms with E-state index < -0.39 is 0 Å². The van der Waals surface area contributed by atoms with Gasteiger partial charge in [-0.25, -0.2) is 0 Å². The highest BCUT2D eigenvalue weighted by atomic mass is 79.9. The molecule has 26 heavy (non-hydrogen) atoms. The number of para-hydroxylation sites is 1. The molecule has 4 nitrogen and oxygen atoms in total. The molecule has 0 aliphatic carbocycles. The van der Waals surface area contributed by atoms with Gasteiger partial charge < -0.3 is 15.6 Å². The summed E-state index contributed by atoms with van der Waals surface area (Å²) in [4.78, 5) is 15.4. The molecule has 3 N–H and O–H groups in total. The summed E-state index contributed by atoms with van der Waals surface area (Å²) in [5.74, 6) is 0.764. The Balaban J connectivity index is 1.45. The molecule has 0 spiro atoms. The fourth-order valence-corrected chi connectivity index (χ4v) is 4.04. The SMILES string of the molecule is Cc1c(Br)cc(CNCCCNc2cc(=O)c3ccccc3[nH]2)cc1Br. The van der Waals surface area contributed by atoms with E-state index in [-0.39, 0.29) is 5.43 Å². The molecule has 0 atom stereocenters. The minimum Gasteiger partial charge on any atom is -0.371 e. The molecular weight excluding hydrogens is 458 g/mol. The van der Waals surface area contributed by atoms with Crippen molar-refractivity contribution < 1.29 is 0 Å². The third-order valence-electron chi connectivity index (χ3n) is 4.25. The van der Waals surface area contributed by atoms with Crippen LogP contribution in [0.1, 0.15) is 17.5 Å². The zero-order valence-electron chi connectivity index (χ0n) is 14.5. The van der Waals surface area contributed by atoms with E-state index in [4.69, 9.17) is 0 Å². The molecule has 0 aliphatic rings. The molecule has 1 aromatic heterocycles. The molecule has 0 fully saturated rings. The van der Waals surface area contributed by atoms with Gasteiger partial charge >= 0.3 is 0 Å². The van der Waals surface area contributed by atoms with Crippen LogP contribution in [0, 0.1) is 6.92 Å². The first-order valence-electron chi connectivity index (χ1n) is 8.56. The van der Waals surface area contributed by atoms with E-state index in [1.165, 1.54) is 11.1 Å². The Hall–Kier alpha value is -1.63. The Morgan fingerprint density at radius 2 is 1.77 bits per heavy atom. The van der Waals surface area contributed by atoms with Crippen molar-refractivity contribution in [2.45, 2.75) is 19.9 Å². The van der Waals surface area contributed by atoms with Gasteiger partial charge in [-0.05, 0) is 55.3 Å². The lowest BCUT2D eigenvalue weighted by molar-refractivity contribution is 0.662. The van der Waals surface area contributed by atoms with Crippen LogP contribution in [0.5, 0.6) is 0 Å². The van der Waals surface area contributed by atoms with E-state index in [2.05, 4.69) is 66.5 Å². The summed E-state index contributed by atoms with van der Waals surface area (Å²) in [5.41, 5.74) is 3.34. The molecule has 136 valence electrons. The summed E-state index contributed by atoms with van der Waals surface area (Å²) in [7, 11) is 0. The van der Waals surface area contributed by atoms with Crippen LogP contribution in [0.3, 0.4) is 0 Å². The van der Waals surface area contributed by atoms with Gasteiger partial charge in [0, 0.05) is 33.5 Å². The summed E-state index contributed by atoms with van der Waals surface area (Å²) in [6.45, 7) is 4.59. The Morgan fingerprint density at radius 3 is 2.54 bits per heavy atom. The average Bonchev–Trinajstić information content (AvgIpc) is 2.62. The number of H-pyrrole nitrogens is 1. The summed E-state index contributed by atoms with van der Waals surface area (Å²) in [5, 5.41) is 7.46. The zero-order valence-corrected chi connectivity index (χ0v) is 17.7. The topological polar surface area (TPSA) is 56.9 Å². The molecule has 0 amide bonds. The maximum atomic E-state index is 12.1. The first kappa shape index (κ1) is 19.1. The van der Waals surface area contributed by atoms with Gasteiger partial charge in [-0.3, -0.25) is 4.79 Å². The monoisotopic (exact) mass is 477 g/mol. The Labute approximate surface area is 169 Å². The fraction of sp³-hybridized carbons (Fsp3) is 0.250. The van der Waals surface area contributed by atoms with Gasteiger partial charge in [0.05, 0.1) is 5.52 Å². The van der Waals surface area contributed by atoms with E-state index in [0.29, 0.717) is 0 Å². The second kappa shape index (κ2) is 8.84. The largest absolute Gasteiger partial charge is 0.371 e. The van der Waals surface area contributed by atoms with Crippen LogP contribution in [-0.2, 0) is 6.54 Å². The highest BCUT2D eigenvalue weighted by Gasteiger charge is 2.03. The molecule has 3 aromatic rings. The normalized spacial score (nSPS) is 11.0. The lowest BCUT2D eigenvalue weighted by Crippen LogP contribution is -2.18. The molecule has 0 radical (unpaired) electrons. The lowest BCUT2D eigenvalue weighted by atomic mass is 10.1. The minimum absolute atomic E-state index is 0.0375. The van der Waals surface area contributed by atoms with E-state index >= 15 is 0 Å². The molecular formula is C20H21Br2N3O. The molecule has 3 rings (SSSR count). The van der Waals surface area contributed by atoms with E-state index in [0.717, 1.165) is 51.7 Å². The summed E-state index contributed by atoms with van der Waals surface area (Å²) in [6.07, 6.45) is 0.961. The van der Waals surface area contributed by atoms with Gasteiger partial charge in [-0.2, -0.15) is 0 Å². The molecule has 0 aliphatic heterocycles. The summed E-state index contributed by atoms with van der Waals surface area (Å²) >= 11 is 7.17. The fourth-order valence-electron chi connectivity index (χ4n) is 2.76. The quantitative estimate of drug-likeness (QED) is 0.421. The van der Waals surface area contributed by atoms with Crippen molar-refractivity contribution >= 4 is 48.6 Å². The number of benzene rings is 2. The Bertz CT molecular complexity index is 946. The predicted octanol–water partition coefficient (Wildman–Crippen LogP) is 4.95. The van der Waals surface area contributed by atoms with Gasteiger partial charge in [-0.1, -0.05) is 44.0 Å². The van der Waals surface area contributed by atoms with E-state index in [1.54, 1.807) is 6.07 Å². The summed E-state index contributed by atoms with van der Waals surface area (Å²) < 4.78 is 2.23. The van der Waals surface area contributed by atoms with Gasteiger partial charge in [0.15, 0.2) is 5.43 Å². The van der Waals surface area contributed by atoms with Crippen LogP contribution in [0.4, 0.5) is 5.82 Å². The van der Waals surface area contributed by atoms with Crippen molar-refractivity contribution in [2.24, 2.45) is 0 Å². The highest BCUT2D eigenvalue weighted by Crippen LogP contribution is 2.26. The zero-order chi connectivity index (χ0) is 18.5. The number of rotatable bonds is 7. The Morgan fingerprint density at radius 1 is 1.04 bits per heavy atom. The second-order valence-electron chi connectivity index (χ2n) is 6.23. The number of pyridine rings is 1. The van der Waals surface area contributed by atoms with Gasteiger partial charge in [0.2, 0.25) is 0 Å².